The van der Waals surface area contributed by atoms with Crippen LogP contribution in [0, 0.1) is 0 Å². The summed E-state index contributed by atoms with van der Waals surface area (Å²) in [5.41, 5.74) is 0. The molecule has 1 fully saturated rings. The molecule has 1 saturated heterocycles. The van der Waals surface area contributed by atoms with Gasteiger partial charge in [0.2, 0.25) is 0 Å². The Morgan fingerprint density at radius 3 is 2.61 bits per heavy atom. The summed E-state index contributed by atoms with van der Waals surface area (Å²) in [6.07, 6.45) is 21.6. The highest BCUT2D eigenvalue weighted by Crippen LogP contribution is 2.30. The van der Waals surface area contributed by atoms with Crippen LogP contribution in [0.4, 0.5) is 0 Å². The van der Waals surface area contributed by atoms with Crippen molar-refractivity contribution < 1.29 is 4.74 Å². The first-order chi connectivity index (χ1) is 8.88. The Labute approximate surface area is 113 Å². The Bertz CT molecular complexity index is 265. The molecule has 1 heteroatoms. The topological polar surface area (TPSA) is 12.5 Å². The molecule has 0 amide bonds. The molecule has 1 nitrogen and oxygen atoms in total. The van der Waals surface area contributed by atoms with Gasteiger partial charge in [-0.3, -0.25) is 0 Å². The maximum Gasteiger partial charge on any atom is 0.0876 e. The van der Waals surface area contributed by atoms with E-state index in [-0.39, 0.29) is 0 Å². The Hall–Kier alpha value is -0.820. The normalized spacial score (nSPS) is 22.9. The molecule has 0 saturated carbocycles. The molecule has 0 aromatic rings. The Balaban J connectivity index is 1.90. The molecule has 0 N–H and O–H groups in total. The van der Waals surface area contributed by atoms with E-state index in [0.29, 0.717) is 12.2 Å². The molecule has 102 valence electrons. The fraction of sp³-hybridized carbons (Fsp3) is 0.647. The number of allylic oxidation sites excluding steroid dienone is 4. The molecule has 0 aromatic carbocycles. The van der Waals surface area contributed by atoms with Crippen molar-refractivity contribution in [2.75, 3.05) is 0 Å². The van der Waals surface area contributed by atoms with Crippen LogP contribution >= 0.6 is 0 Å². The summed E-state index contributed by atoms with van der Waals surface area (Å²) in [6, 6.07) is 0. The highest BCUT2D eigenvalue weighted by molar-refractivity contribution is 4.97. The number of epoxide rings is 1. The first-order valence-corrected chi connectivity index (χ1v) is 7.44. The number of hydrogen-bond acceptors (Lipinski definition) is 1. The summed E-state index contributed by atoms with van der Waals surface area (Å²) < 4.78 is 5.66. The first-order valence-electron chi connectivity index (χ1n) is 7.44. The average molecular weight is 248 g/mol. The van der Waals surface area contributed by atoms with E-state index in [1.165, 1.54) is 25.7 Å². The van der Waals surface area contributed by atoms with Gasteiger partial charge >= 0.3 is 0 Å². The summed E-state index contributed by atoms with van der Waals surface area (Å²) in [5.74, 6) is 0. The molecule has 1 aliphatic heterocycles. The van der Waals surface area contributed by atoms with Gasteiger partial charge < -0.3 is 4.74 Å². The van der Waals surface area contributed by atoms with E-state index in [0.717, 1.165) is 25.7 Å². The second-order valence-electron chi connectivity index (χ2n) is 4.96. The molecule has 0 unspecified atom stereocenters. The number of unbranched alkanes of at least 4 members (excludes halogenated alkanes) is 3. The van der Waals surface area contributed by atoms with Crippen LogP contribution in [-0.2, 0) is 4.74 Å². The largest absolute Gasteiger partial charge is 0.369 e. The molecule has 0 aromatic heterocycles. The number of ether oxygens (including phenoxy) is 1. The fourth-order valence-corrected chi connectivity index (χ4v) is 2.12. The minimum atomic E-state index is 0.510. The van der Waals surface area contributed by atoms with E-state index >= 15 is 0 Å². The Kier molecular flexibility index (Phi) is 8.58. The summed E-state index contributed by atoms with van der Waals surface area (Å²) in [4.78, 5) is 0. The van der Waals surface area contributed by atoms with Crippen LogP contribution < -0.4 is 0 Å². The van der Waals surface area contributed by atoms with Crippen LogP contribution in [0.1, 0.15) is 58.3 Å². The third-order valence-corrected chi connectivity index (χ3v) is 3.29. The lowest BCUT2D eigenvalue weighted by molar-refractivity contribution is 0.359. The van der Waals surface area contributed by atoms with Gasteiger partial charge in [-0.15, -0.1) is 6.58 Å². The maximum absolute atomic E-state index is 5.66. The van der Waals surface area contributed by atoms with Crippen LogP contribution in [0.2, 0.25) is 0 Å². The van der Waals surface area contributed by atoms with Gasteiger partial charge in [0.05, 0.1) is 12.2 Å². The van der Waals surface area contributed by atoms with Gasteiger partial charge in [-0.05, 0) is 38.5 Å². The predicted octanol–water partition coefficient (Wildman–Crippen LogP) is 5.19. The maximum atomic E-state index is 5.66. The monoisotopic (exact) mass is 248 g/mol. The zero-order valence-electron chi connectivity index (χ0n) is 11.8. The predicted molar refractivity (Wildman–Crippen MR) is 79.7 cm³/mol. The van der Waals surface area contributed by atoms with Gasteiger partial charge in [-0.2, -0.15) is 0 Å². The van der Waals surface area contributed by atoms with Crippen molar-refractivity contribution in [3.8, 4) is 0 Å². The van der Waals surface area contributed by atoms with E-state index in [1.807, 2.05) is 6.08 Å². The summed E-state index contributed by atoms with van der Waals surface area (Å²) in [7, 11) is 0. The lowest BCUT2D eigenvalue weighted by atomic mass is 10.1. The van der Waals surface area contributed by atoms with E-state index in [2.05, 4.69) is 37.8 Å². The Morgan fingerprint density at radius 2 is 1.83 bits per heavy atom. The standard InChI is InChI=1S/C17H28O/c1-3-5-7-9-11-13-15-17-16(18-17)14-12-10-8-6-4-2/h4-5,7,11,13,16-17H,2-3,6,8-10,12,14-15H2,1H3/b7-5+,13-11+/t16-,17+/m1/s1. The summed E-state index contributed by atoms with van der Waals surface area (Å²) >= 11 is 0. The van der Waals surface area contributed by atoms with Gasteiger partial charge in [0.25, 0.3) is 0 Å². The minimum absolute atomic E-state index is 0.510. The summed E-state index contributed by atoms with van der Waals surface area (Å²) in [5, 5.41) is 0. The molecule has 0 radical (unpaired) electrons. The lowest BCUT2D eigenvalue weighted by Gasteiger charge is -1.95. The number of rotatable bonds is 11. The zero-order valence-corrected chi connectivity index (χ0v) is 11.8. The number of hydrogen-bond donors (Lipinski definition) is 0. The molecule has 0 bridgehead atoms. The van der Waals surface area contributed by atoms with Crippen LogP contribution in [0.5, 0.6) is 0 Å². The van der Waals surface area contributed by atoms with Gasteiger partial charge in [0.15, 0.2) is 0 Å². The Morgan fingerprint density at radius 1 is 1.00 bits per heavy atom. The van der Waals surface area contributed by atoms with E-state index in [4.69, 9.17) is 4.74 Å². The highest BCUT2D eigenvalue weighted by Gasteiger charge is 2.36. The quantitative estimate of drug-likeness (QED) is 0.278. The molecular formula is C17H28O. The van der Waals surface area contributed by atoms with Gasteiger partial charge in [-0.25, -0.2) is 0 Å². The van der Waals surface area contributed by atoms with E-state index in [1.54, 1.807) is 0 Å². The van der Waals surface area contributed by atoms with Crippen molar-refractivity contribution in [1.29, 1.82) is 0 Å². The van der Waals surface area contributed by atoms with Crippen LogP contribution in [0.25, 0.3) is 0 Å². The molecule has 0 spiro atoms. The molecular weight excluding hydrogens is 220 g/mol. The average Bonchev–Trinajstić information content (AvgIpc) is 3.12. The molecule has 2 atom stereocenters. The van der Waals surface area contributed by atoms with Crippen molar-refractivity contribution in [3.63, 3.8) is 0 Å². The molecule has 0 aliphatic carbocycles. The van der Waals surface area contributed by atoms with Crippen molar-refractivity contribution >= 4 is 0 Å². The molecule has 1 rings (SSSR count). The van der Waals surface area contributed by atoms with Gasteiger partial charge in [0, 0.05) is 0 Å². The van der Waals surface area contributed by atoms with Crippen LogP contribution in [0.15, 0.2) is 37.0 Å². The van der Waals surface area contributed by atoms with Gasteiger partial charge in [-0.1, -0.05) is 50.1 Å². The third kappa shape index (κ3) is 7.50. The van der Waals surface area contributed by atoms with Crippen molar-refractivity contribution in [2.45, 2.75) is 70.5 Å². The summed E-state index contributed by atoms with van der Waals surface area (Å²) in [6.45, 7) is 5.91. The van der Waals surface area contributed by atoms with E-state index in [9.17, 15) is 0 Å². The van der Waals surface area contributed by atoms with Crippen molar-refractivity contribution in [2.24, 2.45) is 0 Å². The second-order valence-corrected chi connectivity index (χ2v) is 4.96. The van der Waals surface area contributed by atoms with E-state index < -0.39 is 0 Å². The molecule has 1 heterocycles. The van der Waals surface area contributed by atoms with Crippen molar-refractivity contribution in [1.82, 2.24) is 0 Å². The van der Waals surface area contributed by atoms with Gasteiger partial charge in [0.1, 0.15) is 0 Å². The SMILES string of the molecule is C=CCCCCC[C@H]1O[C@H]1C/C=C/C/C=C/CC. The molecule has 1 aliphatic rings. The van der Waals surface area contributed by atoms with Crippen molar-refractivity contribution in [3.05, 3.63) is 37.0 Å². The first kappa shape index (κ1) is 15.2. The molecule has 18 heavy (non-hydrogen) atoms. The fourth-order valence-electron chi connectivity index (χ4n) is 2.12. The minimum Gasteiger partial charge on any atom is -0.369 e. The second kappa shape index (κ2) is 10.1. The highest BCUT2D eigenvalue weighted by atomic mass is 16.6. The lowest BCUT2D eigenvalue weighted by Crippen LogP contribution is -1.92. The smallest absolute Gasteiger partial charge is 0.0876 e. The third-order valence-electron chi connectivity index (χ3n) is 3.29. The van der Waals surface area contributed by atoms with Crippen LogP contribution in [0.3, 0.4) is 0 Å². The zero-order chi connectivity index (χ0) is 13.1. The van der Waals surface area contributed by atoms with Crippen LogP contribution in [-0.4, -0.2) is 12.2 Å².